The van der Waals surface area contributed by atoms with Crippen LogP contribution in [0.5, 0.6) is 0 Å². The normalized spacial score (nSPS) is 14.3. The number of aryl methyl sites for hydroxylation is 1. The fraction of sp³-hybridized carbons (Fsp3) is 0.524. The van der Waals surface area contributed by atoms with E-state index in [0.717, 1.165) is 43.6 Å². The minimum absolute atomic E-state index is 0.0559. The van der Waals surface area contributed by atoms with Gasteiger partial charge in [0.25, 0.3) is 0 Å². The van der Waals surface area contributed by atoms with Crippen molar-refractivity contribution < 1.29 is 23.1 Å². The zero-order chi connectivity index (χ0) is 24.0. The predicted octanol–water partition coefficient (Wildman–Crippen LogP) is 2.80. The lowest BCUT2D eigenvalue weighted by Gasteiger charge is -2.27. The van der Waals surface area contributed by atoms with Crippen LogP contribution in [0.4, 0.5) is 19.5 Å². The summed E-state index contributed by atoms with van der Waals surface area (Å²) in [6.45, 7) is 5.97. The van der Waals surface area contributed by atoms with Crippen LogP contribution >= 0.6 is 22.6 Å². The van der Waals surface area contributed by atoms with Crippen LogP contribution in [-0.4, -0.2) is 70.2 Å². The summed E-state index contributed by atoms with van der Waals surface area (Å²) in [6.07, 6.45) is 0.318. The molecule has 1 aromatic heterocycles. The average molecular weight is 574 g/mol. The van der Waals surface area contributed by atoms with Crippen LogP contribution in [0.2, 0.25) is 0 Å². The van der Waals surface area contributed by atoms with Crippen molar-refractivity contribution in [1.82, 2.24) is 19.8 Å². The Morgan fingerprint density at radius 2 is 2.06 bits per heavy atom. The topological polar surface area (TPSA) is 103 Å². The molecular weight excluding hydrogens is 549 g/mol. The molecule has 0 radical (unpaired) electrons. The number of nitriles is 1. The predicted molar refractivity (Wildman–Crippen MR) is 126 cm³/mol. The van der Waals surface area contributed by atoms with Gasteiger partial charge in [-0.1, -0.05) is 35.9 Å². The van der Waals surface area contributed by atoms with Gasteiger partial charge in [0.05, 0.1) is 9.99 Å². The molecule has 3 rings (SSSR count). The highest BCUT2D eigenvalue weighted by atomic mass is 127. The van der Waals surface area contributed by atoms with Crippen molar-refractivity contribution in [3.8, 4) is 6.07 Å². The van der Waals surface area contributed by atoms with Crippen molar-refractivity contribution >= 4 is 51.6 Å². The molecule has 9 nitrogen and oxygen atoms in total. The fourth-order valence-electron chi connectivity index (χ4n) is 3.61. The summed E-state index contributed by atoms with van der Waals surface area (Å²) in [4.78, 5) is 32.6. The van der Waals surface area contributed by atoms with E-state index in [1.54, 1.807) is 28.7 Å². The van der Waals surface area contributed by atoms with Crippen molar-refractivity contribution in [2.24, 2.45) is 0 Å². The van der Waals surface area contributed by atoms with Crippen molar-refractivity contribution in [2.45, 2.75) is 26.3 Å². The molecule has 0 aliphatic carbocycles. The zero-order valence-corrected chi connectivity index (χ0v) is 20.4. The van der Waals surface area contributed by atoms with E-state index in [1.165, 1.54) is 4.57 Å². The van der Waals surface area contributed by atoms with Gasteiger partial charge in [0.1, 0.15) is 23.7 Å². The van der Waals surface area contributed by atoms with Gasteiger partial charge >= 0.3 is 6.09 Å². The Balaban J connectivity index is 1.98. The second kappa shape index (κ2) is 11.7. The highest BCUT2D eigenvalue weighted by Crippen LogP contribution is 2.30. The minimum atomic E-state index is -0.957. The number of unbranched alkanes of at least 4 members (excludes halogenated alkanes) is 1. The quantitative estimate of drug-likeness (QED) is 0.382. The van der Waals surface area contributed by atoms with Crippen LogP contribution < -0.4 is 10.2 Å². The van der Waals surface area contributed by atoms with E-state index < -0.39 is 29.2 Å². The molecule has 12 heteroatoms. The Hall–Kier alpha value is -2.37. The molecule has 178 valence electrons. The Bertz CT molecular complexity index is 1060. The molecule has 2 aromatic rings. The molecule has 1 aliphatic rings. The third-order valence-corrected chi connectivity index (χ3v) is 5.99. The zero-order valence-electron chi connectivity index (χ0n) is 18.2. The number of imide groups is 1. The molecule has 0 bridgehead atoms. The monoisotopic (exact) mass is 574 g/mol. The molecule has 0 atom stereocenters. The minimum Gasteiger partial charge on any atom is -0.447 e. The number of rotatable bonds is 8. The molecule has 2 heterocycles. The van der Waals surface area contributed by atoms with Crippen LogP contribution in [0, 0.1) is 23.0 Å². The Kier molecular flexibility index (Phi) is 8.93. The maximum Gasteiger partial charge on any atom is 0.423 e. The van der Waals surface area contributed by atoms with Gasteiger partial charge in [0.2, 0.25) is 11.9 Å². The van der Waals surface area contributed by atoms with E-state index >= 15 is 4.39 Å². The first-order valence-corrected chi connectivity index (χ1v) is 12.2. The maximum absolute atomic E-state index is 15.0. The third kappa shape index (κ3) is 5.59. The highest BCUT2D eigenvalue weighted by Gasteiger charge is 2.32. The van der Waals surface area contributed by atoms with Gasteiger partial charge in [0, 0.05) is 39.3 Å². The second-order valence-electron chi connectivity index (χ2n) is 7.51. The molecule has 0 saturated carbocycles. The van der Waals surface area contributed by atoms with Crippen LogP contribution in [0.25, 0.3) is 11.0 Å². The van der Waals surface area contributed by atoms with Gasteiger partial charge in [-0.05, 0) is 12.5 Å². The second-order valence-corrected chi connectivity index (χ2v) is 8.28. The van der Waals surface area contributed by atoms with Crippen LogP contribution in [0.15, 0.2) is 6.07 Å². The summed E-state index contributed by atoms with van der Waals surface area (Å²) in [5, 5.41) is 12.4. The van der Waals surface area contributed by atoms with Crippen LogP contribution in [-0.2, 0) is 16.1 Å². The number of nitrogens with zero attached hydrogens (tertiary/aromatic N) is 5. The van der Waals surface area contributed by atoms with Gasteiger partial charge in [-0.2, -0.15) is 10.2 Å². The highest BCUT2D eigenvalue weighted by molar-refractivity contribution is 14.1. The number of aromatic nitrogens is 2. The van der Waals surface area contributed by atoms with Crippen molar-refractivity contribution in [1.29, 1.82) is 5.26 Å². The molecule has 0 spiro atoms. The van der Waals surface area contributed by atoms with E-state index in [0.29, 0.717) is 13.0 Å². The first-order chi connectivity index (χ1) is 15.9. The van der Waals surface area contributed by atoms with Crippen molar-refractivity contribution in [3.05, 3.63) is 23.3 Å². The Morgan fingerprint density at radius 3 is 2.70 bits per heavy atom. The molecular formula is C21H25F2IN6O3. The standard InChI is InChI=1S/C21H25F2IN6O3/c1-2-3-6-29-19-17(23)14(13-25)11-15(22)18(19)27-20(29)30(16(31)12-24)21(32)33-10-9-28-7-4-26-5-8-28/h11,26H,2-10,12H2,1H3. The van der Waals surface area contributed by atoms with Gasteiger partial charge in [-0.15, -0.1) is 0 Å². The summed E-state index contributed by atoms with van der Waals surface area (Å²) < 4.78 is 36.2. The van der Waals surface area contributed by atoms with Crippen molar-refractivity contribution in [3.63, 3.8) is 0 Å². The number of alkyl halides is 1. The molecule has 1 aliphatic heterocycles. The number of hydrogen-bond donors (Lipinski definition) is 1. The number of hydrogen-bond acceptors (Lipinski definition) is 7. The van der Waals surface area contributed by atoms with Crippen LogP contribution in [0.3, 0.4) is 0 Å². The number of halogens is 3. The van der Waals surface area contributed by atoms with Crippen molar-refractivity contribution in [2.75, 3.05) is 48.7 Å². The number of nitrogens with one attached hydrogen (secondary N) is 1. The summed E-state index contributed by atoms with van der Waals surface area (Å²) in [6, 6.07) is 2.39. The average Bonchev–Trinajstić information content (AvgIpc) is 3.20. The SMILES string of the molecule is CCCCn1c(N(C(=O)CI)C(=O)OCCN2CCNCC2)nc2c(F)cc(C#N)c(F)c21. The van der Waals surface area contributed by atoms with E-state index in [9.17, 15) is 19.2 Å². The van der Waals surface area contributed by atoms with E-state index in [2.05, 4.69) is 15.2 Å². The lowest BCUT2D eigenvalue weighted by atomic mass is 10.2. The number of benzene rings is 1. The maximum atomic E-state index is 15.0. The van der Waals surface area contributed by atoms with E-state index in [1.807, 2.05) is 6.92 Å². The summed E-state index contributed by atoms with van der Waals surface area (Å²) in [7, 11) is 0. The number of carbonyl (C=O) groups is 2. The number of imidazole rings is 1. The van der Waals surface area contributed by atoms with Gasteiger partial charge < -0.3 is 14.6 Å². The molecule has 2 amide bonds. The first kappa shape index (κ1) is 25.3. The molecule has 1 aromatic carbocycles. The van der Waals surface area contributed by atoms with Gasteiger partial charge in [-0.25, -0.2) is 18.6 Å². The molecule has 1 saturated heterocycles. The summed E-state index contributed by atoms with van der Waals surface area (Å²) >= 11 is 1.80. The lowest BCUT2D eigenvalue weighted by molar-refractivity contribution is -0.115. The van der Waals surface area contributed by atoms with E-state index in [4.69, 9.17) is 4.74 Å². The smallest absolute Gasteiger partial charge is 0.423 e. The van der Waals surface area contributed by atoms with Gasteiger partial charge in [-0.3, -0.25) is 9.69 Å². The molecule has 1 fully saturated rings. The van der Waals surface area contributed by atoms with E-state index in [-0.39, 0.29) is 34.6 Å². The van der Waals surface area contributed by atoms with Crippen LogP contribution in [0.1, 0.15) is 25.3 Å². The van der Waals surface area contributed by atoms with Gasteiger partial charge in [0.15, 0.2) is 11.6 Å². The number of ether oxygens (including phenoxy) is 1. The largest absolute Gasteiger partial charge is 0.447 e. The molecule has 33 heavy (non-hydrogen) atoms. The Labute approximate surface area is 203 Å². The third-order valence-electron chi connectivity index (χ3n) is 5.33. The Morgan fingerprint density at radius 1 is 1.33 bits per heavy atom. The number of piperazine rings is 1. The number of carbonyl (C=O) groups excluding carboxylic acids is 2. The fourth-order valence-corrected chi connectivity index (χ4v) is 3.95. The molecule has 0 unspecified atom stereocenters. The molecule has 1 N–H and O–H groups in total. The summed E-state index contributed by atoms with van der Waals surface area (Å²) in [5.41, 5.74) is -1.08. The lowest BCUT2D eigenvalue weighted by Crippen LogP contribution is -2.45. The number of anilines is 1. The number of amides is 2. The first-order valence-electron chi connectivity index (χ1n) is 10.7. The number of fused-ring (bicyclic) bond motifs is 1. The summed E-state index contributed by atoms with van der Waals surface area (Å²) in [5.74, 6) is -2.71.